The van der Waals surface area contributed by atoms with Gasteiger partial charge in [-0.3, -0.25) is 9.59 Å². The first-order valence-corrected chi connectivity index (χ1v) is 5.27. The highest BCUT2D eigenvalue weighted by Gasteiger charge is 2.26. The molecule has 0 aliphatic carbocycles. The largest absolute Gasteiger partial charge is 0.385 e. The molecule has 2 atom stereocenters. The Hall–Kier alpha value is -0.700. The molecule has 1 N–H and O–H groups in total. The zero-order valence-corrected chi connectivity index (χ0v) is 9.25. The highest BCUT2D eigenvalue weighted by molar-refractivity contribution is 6.37. The average Bonchev–Trinajstić information content (AvgIpc) is 2.17. The molecule has 0 heterocycles. The standard InChI is InChI=1S/C11H20O3/c1-4-6-7-9(5-2)11(14)10(13)8(3)12/h9,11,14H,4-7H2,1-3H3. The van der Waals surface area contributed by atoms with Gasteiger partial charge in [-0.15, -0.1) is 0 Å². The number of carbonyl (C=O) groups is 2. The minimum Gasteiger partial charge on any atom is -0.385 e. The van der Waals surface area contributed by atoms with Crippen LogP contribution in [-0.2, 0) is 9.59 Å². The zero-order chi connectivity index (χ0) is 11.1. The molecule has 0 bridgehead atoms. The monoisotopic (exact) mass is 200 g/mol. The lowest BCUT2D eigenvalue weighted by atomic mass is 9.90. The van der Waals surface area contributed by atoms with Crippen molar-refractivity contribution in [3.8, 4) is 0 Å². The first-order valence-electron chi connectivity index (χ1n) is 5.27. The second-order valence-electron chi connectivity index (χ2n) is 3.68. The van der Waals surface area contributed by atoms with Crippen LogP contribution in [0.15, 0.2) is 0 Å². The summed E-state index contributed by atoms with van der Waals surface area (Å²) in [6.45, 7) is 5.20. The Morgan fingerprint density at radius 1 is 1.29 bits per heavy atom. The van der Waals surface area contributed by atoms with Crippen LogP contribution in [0.4, 0.5) is 0 Å². The van der Waals surface area contributed by atoms with Crippen molar-refractivity contribution in [2.75, 3.05) is 0 Å². The van der Waals surface area contributed by atoms with E-state index in [9.17, 15) is 14.7 Å². The molecule has 0 aromatic rings. The van der Waals surface area contributed by atoms with Crippen molar-refractivity contribution in [3.05, 3.63) is 0 Å². The van der Waals surface area contributed by atoms with Gasteiger partial charge in [0.15, 0.2) is 5.78 Å². The molecule has 0 aliphatic rings. The smallest absolute Gasteiger partial charge is 0.226 e. The fourth-order valence-corrected chi connectivity index (χ4v) is 1.47. The van der Waals surface area contributed by atoms with Crippen molar-refractivity contribution in [1.29, 1.82) is 0 Å². The van der Waals surface area contributed by atoms with Crippen molar-refractivity contribution < 1.29 is 14.7 Å². The van der Waals surface area contributed by atoms with E-state index < -0.39 is 17.7 Å². The Kier molecular flexibility index (Phi) is 6.37. The van der Waals surface area contributed by atoms with Gasteiger partial charge in [0.2, 0.25) is 5.78 Å². The summed E-state index contributed by atoms with van der Waals surface area (Å²) < 4.78 is 0. The summed E-state index contributed by atoms with van der Waals surface area (Å²) in [5.41, 5.74) is 0. The molecule has 0 spiro atoms. The lowest BCUT2D eigenvalue weighted by Gasteiger charge is -2.18. The van der Waals surface area contributed by atoms with Gasteiger partial charge in [0.1, 0.15) is 6.10 Å². The Balaban J connectivity index is 4.22. The van der Waals surface area contributed by atoms with Crippen LogP contribution in [0, 0.1) is 5.92 Å². The molecule has 2 unspecified atom stereocenters. The Labute approximate surface area is 85.5 Å². The summed E-state index contributed by atoms with van der Waals surface area (Å²) >= 11 is 0. The molecule has 0 saturated heterocycles. The van der Waals surface area contributed by atoms with Gasteiger partial charge in [-0.2, -0.15) is 0 Å². The summed E-state index contributed by atoms with van der Waals surface area (Å²) in [5, 5.41) is 9.60. The van der Waals surface area contributed by atoms with Crippen molar-refractivity contribution in [1.82, 2.24) is 0 Å². The number of aliphatic hydroxyl groups excluding tert-OH is 1. The lowest BCUT2D eigenvalue weighted by Crippen LogP contribution is -2.33. The molecule has 0 aliphatic heterocycles. The van der Waals surface area contributed by atoms with E-state index in [0.717, 1.165) is 25.7 Å². The molecule has 0 rings (SSSR count). The minimum atomic E-state index is -1.09. The summed E-state index contributed by atoms with van der Waals surface area (Å²) in [4.78, 5) is 22.0. The Morgan fingerprint density at radius 2 is 1.86 bits per heavy atom. The Bertz CT molecular complexity index is 199. The van der Waals surface area contributed by atoms with E-state index in [1.807, 2.05) is 6.92 Å². The lowest BCUT2D eigenvalue weighted by molar-refractivity contribution is -0.142. The van der Waals surface area contributed by atoms with Gasteiger partial charge in [0.25, 0.3) is 0 Å². The Morgan fingerprint density at radius 3 is 2.21 bits per heavy atom. The third kappa shape index (κ3) is 4.01. The van der Waals surface area contributed by atoms with E-state index in [1.165, 1.54) is 6.92 Å². The van der Waals surface area contributed by atoms with Crippen LogP contribution in [0.2, 0.25) is 0 Å². The fourth-order valence-electron chi connectivity index (χ4n) is 1.47. The van der Waals surface area contributed by atoms with Crippen molar-refractivity contribution >= 4 is 11.6 Å². The van der Waals surface area contributed by atoms with E-state index in [1.54, 1.807) is 0 Å². The first kappa shape index (κ1) is 13.3. The third-order valence-electron chi connectivity index (χ3n) is 2.51. The maximum absolute atomic E-state index is 11.2. The van der Waals surface area contributed by atoms with Crippen LogP contribution in [0.1, 0.15) is 46.5 Å². The van der Waals surface area contributed by atoms with Gasteiger partial charge < -0.3 is 5.11 Å². The number of rotatable bonds is 7. The van der Waals surface area contributed by atoms with Crippen LogP contribution < -0.4 is 0 Å². The van der Waals surface area contributed by atoms with E-state index in [0.29, 0.717) is 0 Å². The van der Waals surface area contributed by atoms with E-state index in [-0.39, 0.29) is 5.92 Å². The molecule has 0 radical (unpaired) electrons. The second kappa shape index (κ2) is 6.71. The maximum atomic E-state index is 11.2. The van der Waals surface area contributed by atoms with E-state index in [4.69, 9.17) is 0 Å². The summed E-state index contributed by atoms with van der Waals surface area (Å²) in [6.07, 6.45) is 2.48. The molecule has 3 heteroatoms. The quantitative estimate of drug-likeness (QED) is 0.637. The SMILES string of the molecule is CCCCC(CC)C(O)C(=O)C(C)=O. The summed E-state index contributed by atoms with van der Waals surface area (Å²) in [6, 6.07) is 0. The average molecular weight is 200 g/mol. The molecule has 0 fully saturated rings. The molecule has 14 heavy (non-hydrogen) atoms. The first-order chi connectivity index (χ1) is 6.54. The predicted octanol–water partition coefficient (Wildman–Crippen LogP) is 1.72. The molecule has 0 aromatic carbocycles. The molecule has 82 valence electrons. The number of ketones is 2. The number of hydrogen-bond acceptors (Lipinski definition) is 3. The van der Waals surface area contributed by atoms with Crippen molar-refractivity contribution in [2.45, 2.75) is 52.6 Å². The molecule has 0 aromatic heterocycles. The van der Waals surface area contributed by atoms with Gasteiger partial charge in [-0.25, -0.2) is 0 Å². The number of aliphatic hydroxyl groups is 1. The fraction of sp³-hybridized carbons (Fsp3) is 0.818. The maximum Gasteiger partial charge on any atom is 0.226 e. The van der Waals surface area contributed by atoms with Crippen molar-refractivity contribution in [2.24, 2.45) is 5.92 Å². The predicted molar refractivity (Wildman–Crippen MR) is 55.0 cm³/mol. The van der Waals surface area contributed by atoms with Crippen molar-refractivity contribution in [3.63, 3.8) is 0 Å². The van der Waals surface area contributed by atoms with Crippen LogP contribution in [0.3, 0.4) is 0 Å². The normalized spacial score (nSPS) is 14.9. The third-order valence-corrected chi connectivity index (χ3v) is 2.51. The molecular weight excluding hydrogens is 180 g/mol. The van der Waals surface area contributed by atoms with Crippen LogP contribution >= 0.6 is 0 Å². The van der Waals surface area contributed by atoms with Gasteiger partial charge >= 0.3 is 0 Å². The van der Waals surface area contributed by atoms with Gasteiger partial charge in [-0.05, 0) is 12.3 Å². The molecule has 0 saturated carbocycles. The van der Waals surface area contributed by atoms with Gasteiger partial charge in [0, 0.05) is 6.92 Å². The van der Waals surface area contributed by atoms with Gasteiger partial charge in [-0.1, -0.05) is 33.1 Å². The van der Waals surface area contributed by atoms with Crippen LogP contribution in [0.25, 0.3) is 0 Å². The molecule has 0 amide bonds. The number of Topliss-reactive ketones (excluding diaryl/α,β-unsaturated/α-hetero) is 2. The van der Waals surface area contributed by atoms with E-state index in [2.05, 4.69) is 6.92 Å². The van der Waals surface area contributed by atoms with Crippen LogP contribution in [-0.4, -0.2) is 22.8 Å². The van der Waals surface area contributed by atoms with Gasteiger partial charge in [0.05, 0.1) is 0 Å². The second-order valence-corrected chi connectivity index (χ2v) is 3.68. The number of carbonyl (C=O) groups excluding carboxylic acids is 2. The summed E-state index contributed by atoms with van der Waals surface area (Å²) in [5.74, 6) is -1.26. The number of unbranched alkanes of at least 4 members (excludes halogenated alkanes) is 1. The molecular formula is C11H20O3. The topological polar surface area (TPSA) is 54.4 Å². The highest BCUT2D eigenvalue weighted by atomic mass is 16.3. The van der Waals surface area contributed by atoms with E-state index >= 15 is 0 Å². The number of hydrogen-bond donors (Lipinski definition) is 1. The summed E-state index contributed by atoms with van der Waals surface area (Å²) in [7, 11) is 0. The minimum absolute atomic E-state index is 0.0636. The zero-order valence-electron chi connectivity index (χ0n) is 9.25. The highest BCUT2D eigenvalue weighted by Crippen LogP contribution is 2.17. The van der Waals surface area contributed by atoms with Crippen LogP contribution in [0.5, 0.6) is 0 Å². The molecule has 3 nitrogen and oxygen atoms in total.